The number of halogens is 3. The highest BCUT2D eigenvalue weighted by Crippen LogP contribution is 2.23. The molecule has 16 heavy (non-hydrogen) atoms. The number of hydrogen-bond acceptors (Lipinski definition) is 1. The van der Waals surface area contributed by atoms with Gasteiger partial charge in [-0.15, -0.1) is 0 Å². The maximum atomic E-state index is 13.3. The molecule has 2 aromatic rings. The van der Waals surface area contributed by atoms with Gasteiger partial charge in [-0.05, 0) is 12.1 Å². The van der Waals surface area contributed by atoms with E-state index in [2.05, 4.69) is 4.98 Å². The van der Waals surface area contributed by atoms with Gasteiger partial charge in [-0.25, -0.2) is 13.2 Å². The van der Waals surface area contributed by atoms with Crippen molar-refractivity contribution in [2.75, 3.05) is 0 Å². The lowest BCUT2D eigenvalue weighted by atomic mass is 10.1. The summed E-state index contributed by atoms with van der Waals surface area (Å²) in [6.07, 6.45) is 0. The second-order valence-corrected chi connectivity index (χ2v) is 3.18. The SMILES string of the molecule is O=c1cccc(-c2cc(F)cc(F)c2F)[nH]1. The molecule has 0 spiro atoms. The van der Waals surface area contributed by atoms with Gasteiger partial charge in [0.25, 0.3) is 0 Å². The fourth-order valence-corrected chi connectivity index (χ4v) is 1.36. The van der Waals surface area contributed by atoms with E-state index in [1.807, 2.05) is 0 Å². The van der Waals surface area contributed by atoms with Crippen LogP contribution in [0.2, 0.25) is 0 Å². The molecule has 0 aliphatic carbocycles. The first-order valence-electron chi connectivity index (χ1n) is 4.42. The summed E-state index contributed by atoms with van der Waals surface area (Å²) in [5, 5.41) is 0. The van der Waals surface area contributed by atoms with Gasteiger partial charge in [0.1, 0.15) is 5.82 Å². The van der Waals surface area contributed by atoms with Crippen molar-refractivity contribution in [2.45, 2.75) is 0 Å². The molecule has 2 rings (SSSR count). The van der Waals surface area contributed by atoms with Gasteiger partial charge in [-0.2, -0.15) is 0 Å². The largest absolute Gasteiger partial charge is 0.322 e. The maximum Gasteiger partial charge on any atom is 0.248 e. The summed E-state index contributed by atoms with van der Waals surface area (Å²) in [6.45, 7) is 0. The van der Waals surface area contributed by atoms with Crippen LogP contribution < -0.4 is 5.56 Å². The quantitative estimate of drug-likeness (QED) is 0.743. The van der Waals surface area contributed by atoms with Gasteiger partial charge >= 0.3 is 0 Å². The average molecular weight is 225 g/mol. The fourth-order valence-electron chi connectivity index (χ4n) is 1.36. The molecule has 0 bridgehead atoms. The first-order chi connectivity index (χ1) is 7.58. The Balaban J connectivity index is 2.69. The summed E-state index contributed by atoms with van der Waals surface area (Å²) in [5.74, 6) is -3.39. The van der Waals surface area contributed by atoms with Crippen LogP contribution in [0.3, 0.4) is 0 Å². The summed E-state index contributed by atoms with van der Waals surface area (Å²) in [4.78, 5) is 13.3. The van der Waals surface area contributed by atoms with Gasteiger partial charge in [-0.3, -0.25) is 4.79 Å². The predicted octanol–water partition coefficient (Wildman–Crippen LogP) is 2.46. The fraction of sp³-hybridized carbons (Fsp3) is 0. The lowest BCUT2D eigenvalue weighted by Gasteiger charge is -2.04. The van der Waals surface area contributed by atoms with Gasteiger partial charge in [0.15, 0.2) is 11.6 Å². The molecule has 0 atom stereocenters. The highest BCUT2D eigenvalue weighted by atomic mass is 19.2. The van der Waals surface area contributed by atoms with Crippen LogP contribution >= 0.6 is 0 Å². The van der Waals surface area contributed by atoms with E-state index in [1.165, 1.54) is 18.2 Å². The minimum Gasteiger partial charge on any atom is -0.322 e. The van der Waals surface area contributed by atoms with Crippen LogP contribution in [0.25, 0.3) is 11.3 Å². The lowest BCUT2D eigenvalue weighted by molar-refractivity contribution is 0.497. The minimum absolute atomic E-state index is 0.0309. The third kappa shape index (κ3) is 1.84. The molecule has 1 aromatic heterocycles. The molecule has 0 aliphatic heterocycles. The number of benzene rings is 1. The van der Waals surface area contributed by atoms with Crippen molar-refractivity contribution < 1.29 is 13.2 Å². The van der Waals surface area contributed by atoms with Crippen LogP contribution in [0.1, 0.15) is 0 Å². The zero-order valence-corrected chi connectivity index (χ0v) is 7.93. The summed E-state index contributed by atoms with van der Waals surface area (Å²) in [6, 6.07) is 5.22. The zero-order chi connectivity index (χ0) is 11.7. The molecular formula is C11H6F3NO. The molecule has 0 saturated heterocycles. The Kier molecular flexibility index (Phi) is 2.52. The Labute approximate surface area is 88.4 Å². The molecule has 1 heterocycles. The van der Waals surface area contributed by atoms with E-state index in [9.17, 15) is 18.0 Å². The highest BCUT2D eigenvalue weighted by molar-refractivity contribution is 5.59. The van der Waals surface area contributed by atoms with E-state index in [0.717, 1.165) is 6.07 Å². The summed E-state index contributed by atoms with van der Waals surface area (Å²) in [5.41, 5.74) is -0.750. The Morgan fingerprint density at radius 1 is 1.06 bits per heavy atom. The Bertz CT molecular complexity index is 592. The molecule has 0 amide bonds. The summed E-state index contributed by atoms with van der Waals surface area (Å²) < 4.78 is 39.2. The Morgan fingerprint density at radius 3 is 2.50 bits per heavy atom. The van der Waals surface area contributed by atoms with Crippen molar-refractivity contribution >= 4 is 0 Å². The molecule has 2 nitrogen and oxygen atoms in total. The predicted molar refractivity (Wildman–Crippen MR) is 52.4 cm³/mol. The smallest absolute Gasteiger partial charge is 0.248 e. The summed E-state index contributed by atoms with van der Waals surface area (Å²) in [7, 11) is 0. The first kappa shape index (κ1) is 10.5. The van der Waals surface area contributed by atoms with E-state index in [0.29, 0.717) is 6.07 Å². The first-order valence-corrected chi connectivity index (χ1v) is 4.42. The summed E-state index contributed by atoms with van der Waals surface area (Å²) >= 11 is 0. The standard InChI is InChI=1S/C11H6F3NO/c12-6-4-7(11(14)8(13)5-6)9-2-1-3-10(16)15-9/h1-5H,(H,15,16). The number of hydrogen-bond donors (Lipinski definition) is 1. The highest BCUT2D eigenvalue weighted by Gasteiger charge is 2.12. The molecule has 1 N–H and O–H groups in total. The number of H-pyrrole nitrogens is 1. The zero-order valence-electron chi connectivity index (χ0n) is 7.93. The number of aromatic nitrogens is 1. The van der Waals surface area contributed by atoms with E-state index in [1.54, 1.807) is 0 Å². The lowest BCUT2D eigenvalue weighted by Crippen LogP contribution is -2.05. The van der Waals surface area contributed by atoms with Gasteiger partial charge in [-0.1, -0.05) is 6.07 Å². The molecule has 0 unspecified atom stereocenters. The van der Waals surface area contributed by atoms with Crippen molar-refractivity contribution in [1.29, 1.82) is 0 Å². The van der Waals surface area contributed by atoms with Crippen LogP contribution in [0.5, 0.6) is 0 Å². The maximum absolute atomic E-state index is 13.3. The van der Waals surface area contributed by atoms with Crippen LogP contribution in [0.4, 0.5) is 13.2 Å². The van der Waals surface area contributed by atoms with Gasteiger partial charge in [0.05, 0.1) is 5.69 Å². The van der Waals surface area contributed by atoms with E-state index in [-0.39, 0.29) is 11.3 Å². The second-order valence-electron chi connectivity index (χ2n) is 3.18. The van der Waals surface area contributed by atoms with Gasteiger partial charge in [0.2, 0.25) is 5.56 Å². The van der Waals surface area contributed by atoms with Crippen LogP contribution in [0, 0.1) is 17.5 Å². The minimum atomic E-state index is -1.29. The molecule has 0 saturated carbocycles. The number of pyridine rings is 1. The molecule has 5 heteroatoms. The topological polar surface area (TPSA) is 32.9 Å². The van der Waals surface area contributed by atoms with E-state index in [4.69, 9.17) is 0 Å². The van der Waals surface area contributed by atoms with Crippen molar-refractivity contribution in [3.63, 3.8) is 0 Å². The van der Waals surface area contributed by atoms with E-state index < -0.39 is 23.0 Å². The molecule has 82 valence electrons. The number of nitrogens with one attached hydrogen (secondary N) is 1. The van der Waals surface area contributed by atoms with Crippen molar-refractivity contribution in [3.05, 3.63) is 58.1 Å². The van der Waals surface area contributed by atoms with Crippen LogP contribution in [-0.4, -0.2) is 4.98 Å². The van der Waals surface area contributed by atoms with Crippen molar-refractivity contribution in [2.24, 2.45) is 0 Å². The van der Waals surface area contributed by atoms with Gasteiger partial charge in [0, 0.05) is 17.7 Å². The Morgan fingerprint density at radius 2 is 1.81 bits per heavy atom. The van der Waals surface area contributed by atoms with Crippen LogP contribution in [-0.2, 0) is 0 Å². The van der Waals surface area contributed by atoms with Crippen LogP contribution in [0.15, 0.2) is 35.1 Å². The molecular weight excluding hydrogens is 219 g/mol. The molecule has 0 fully saturated rings. The third-order valence-electron chi connectivity index (χ3n) is 2.05. The normalized spacial score (nSPS) is 10.4. The number of rotatable bonds is 1. The molecule has 1 aromatic carbocycles. The van der Waals surface area contributed by atoms with Crippen molar-refractivity contribution in [1.82, 2.24) is 4.98 Å². The number of aromatic amines is 1. The average Bonchev–Trinajstić information content (AvgIpc) is 2.23. The third-order valence-corrected chi connectivity index (χ3v) is 2.05. The van der Waals surface area contributed by atoms with Gasteiger partial charge < -0.3 is 4.98 Å². The molecule has 0 radical (unpaired) electrons. The monoisotopic (exact) mass is 225 g/mol. The Hall–Kier alpha value is -2.04. The van der Waals surface area contributed by atoms with E-state index >= 15 is 0 Å². The molecule has 0 aliphatic rings. The van der Waals surface area contributed by atoms with Crippen molar-refractivity contribution in [3.8, 4) is 11.3 Å². The second kappa shape index (κ2) is 3.84.